The number of carbonyl (C=O) groups is 1. The van der Waals surface area contributed by atoms with Gasteiger partial charge in [-0.15, -0.1) is 10.2 Å². The van der Waals surface area contributed by atoms with Crippen LogP contribution in [0.3, 0.4) is 0 Å². The van der Waals surface area contributed by atoms with Crippen molar-refractivity contribution < 1.29 is 9.53 Å². The minimum Gasteiger partial charge on any atom is -0.375 e. The van der Waals surface area contributed by atoms with Crippen molar-refractivity contribution in [2.24, 2.45) is 0 Å². The van der Waals surface area contributed by atoms with Crippen LogP contribution in [0, 0.1) is 0 Å². The van der Waals surface area contributed by atoms with Gasteiger partial charge in [-0.05, 0) is 0 Å². The van der Waals surface area contributed by atoms with Crippen LogP contribution in [0.1, 0.15) is 12.2 Å². The second-order valence-electron chi connectivity index (χ2n) is 4.66. The summed E-state index contributed by atoms with van der Waals surface area (Å²) in [6.07, 6.45) is 2.16. The molecule has 0 bridgehead atoms. The van der Waals surface area contributed by atoms with E-state index in [1.807, 2.05) is 9.47 Å². The highest BCUT2D eigenvalue weighted by molar-refractivity contribution is 5.76. The molecule has 0 aromatic carbocycles. The smallest absolute Gasteiger partial charge is 0.225 e. The zero-order valence-corrected chi connectivity index (χ0v) is 10.2. The van der Waals surface area contributed by atoms with Gasteiger partial charge in [0.1, 0.15) is 6.33 Å². The van der Waals surface area contributed by atoms with Gasteiger partial charge in [-0.2, -0.15) is 0 Å². The molecule has 18 heavy (non-hydrogen) atoms. The Morgan fingerprint density at radius 3 is 3.33 bits per heavy atom. The number of amides is 1. The predicted molar refractivity (Wildman–Crippen MR) is 62.7 cm³/mol. The Morgan fingerprint density at radius 2 is 2.50 bits per heavy atom. The molecule has 0 saturated carbocycles. The van der Waals surface area contributed by atoms with Crippen LogP contribution < -0.4 is 5.32 Å². The Balaban J connectivity index is 1.57. The van der Waals surface area contributed by atoms with Crippen molar-refractivity contribution >= 4 is 5.91 Å². The Labute approximate surface area is 105 Å². The van der Waals surface area contributed by atoms with Crippen LogP contribution in [0.2, 0.25) is 0 Å². The average Bonchev–Trinajstić information content (AvgIpc) is 2.87. The van der Waals surface area contributed by atoms with E-state index in [1.165, 1.54) is 0 Å². The summed E-state index contributed by atoms with van der Waals surface area (Å²) < 4.78 is 7.54. The number of ether oxygens (including phenoxy) is 1. The normalized spacial score (nSPS) is 23.8. The van der Waals surface area contributed by atoms with Gasteiger partial charge < -0.3 is 19.5 Å². The van der Waals surface area contributed by atoms with E-state index in [2.05, 4.69) is 15.5 Å². The third-order valence-electron chi connectivity index (χ3n) is 3.40. The van der Waals surface area contributed by atoms with Gasteiger partial charge in [-0.3, -0.25) is 4.79 Å². The van der Waals surface area contributed by atoms with Gasteiger partial charge in [0.2, 0.25) is 5.91 Å². The first-order valence-electron chi connectivity index (χ1n) is 6.30. The van der Waals surface area contributed by atoms with E-state index in [4.69, 9.17) is 4.74 Å². The lowest BCUT2D eigenvalue weighted by Gasteiger charge is -2.30. The van der Waals surface area contributed by atoms with Crippen molar-refractivity contribution in [3.8, 4) is 0 Å². The molecule has 3 heterocycles. The molecule has 1 fully saturated rings. The quantitative estimate of drug-likeness (QED) is 0.730. The Bertz CT molecular complexity index is 427. The number of fused-ring (bicyclic) bond motifs is 1. The average molecular weight is 251 g/mol. The highest BCUT2D eigenvalue weighted by Gasteiger charge is 2.25. The predicted octanol–water partition coefficient (Wildman–Crippen LogP) is -1.00. The third-order valence-corrected chi connectivity index (χ3v) is 3.40. The van der Waals surface area contributed by atoms with E-state index >= 15 is 0 Å². The third kappa shape index (κ3) is 2.37. The van der Waals surface area contributed by atoms with E-state index in [0.717, 1.165) is 32.0 Å². The number of nitrogens with zero attached hydrogens (tertiary/aromatic N) is 4. The Morgan fingerprint density at radius 1 is 1.56 bits per heavy atom. The monoisotopic (exact) mass is 251 g/mol. The molecular weight excluding hydrogens is 234 g/mol. The van der Waals surface area contributed by atoms with Gasteiger partial charge in [0, 0.05) is 26.2 Å². The summed E-state index contributed by atoms with van der Waals surface area (Å²) in [7, 11) is 0. The molecule has 98 valence electrons. The fourth-order valence-corrected chi connectivity index (χ4v) is 2.35. The minimum absolute atomic E-state index is 0.00560. The van der Waals surface area contributed by atoms with Gasteiger partial charge >= 0.3 is 0 Å². The Kier molecular flexibility index (Phi) is 3.24. The molecule has 2 aliphatic heterocycles. The number of morpholine rings is 1. The molecule has 1 atom stereocenters. The Hall–Kier alpha value is -1.47. The first-order valence-corrected chi connectivity index (χ1v) is 6.30. The summed E-state index contributed by atoms with van der Waals surface area (Å²) in [4.78, 5) is 14.0. The number of aromatic nitrogens is 3. The molecule has 0 radical (unpaired) electrons. The molecule has 0 spiro atoms. The number of rotatable bonds is 2. The maximum Gasteiger partial charge on any atom is 0.225 e. The molecule has 1 aromatic heterocycles. The number of hydrogen-bond donors (Lipinski definition) is 1. The summed E-state index contributed by atoms with van der Waals surface area (Å²) in [5.74, 6) is 0.996. The van der Waals surface area contributed by atoms with Crippen molar-refractivity contribution in [2.75, 3.05) is 26.2 Å². The summed E-state index contributed by atoms with van der Waals surface area (Å²) in [5, 5.41) is 11.1. The zero-order chi connectivity index (χ0) is 12.4. The van der Waals surface area contributed by atoms with E-state index < -0.39 is 0 Å². The molecule has 1 aromatic rings. The second kappa shape index (κ2) is 5.03. The lowest BCUT2D eigenvalue weighted by Crippen LogP contribution is -2.44. The van der Waals surface area contributed by atoms with Crippen LogP contribution in [-0.4, -0.2) is 57.9 Å². The molecule has 2 aliphatic rings. The summed E-state index contributed by atoms with van der Waals surface area (Å²) >= 11 is 0. The van der Waals surface area contributed by atoms with E-state index in [-0.39, 0.29) is 12.0 Å². The van der Waals surface area contributed by atoms with Gasteiger partial charge in [-0.1, -0.05) is 0 Å². The van der Waals surface area contributed by atoms with Crippen molar-refractivity contribution in [1.29, 1.82) is 0 Å². The maximum atomic E-state index is 12.2. The largest absolute Gasteiger partial charge is 0.375 e. The number of hydrogen-bond acceptors (Lipinski definition) is 5. The first-order chi connectivity index (χ1) is 8.83. The molecular formula is C11H17N5O2. The fourth-order valence-electron chi connectivity index (χ4n) is 2.35. The molecule has 7 heteroatoms. The van der Waals surface area contributed by atoms with Crippen molar-refractivity contribution in [3.63, 3.8) is 0 Å². The lowest BCUT2D eigenvalue weighted by molar-refractivity contribution is -0.136. The number of nitrogens with one attached hydrogen (secondary N) is 1. The SMILES string of the molecule is O=C(CC1CNCCO1)N1CCn2cnnc2C1. The van der Waals surface area contributed by atoms with Crippen LogP contribution in [0.4, 0.5) is 0 Å². The van der Waals surface area contributed by atoms with Crippen molar-refractivity contribution in [1.82, 2.24) is 25.0 Å². The van der Waals surface area contributed by atoms with E-state index in [9.17, 15) is 4.79 Å². The first kappa shape index (κ1) is 11.6. The molecule has 1 saturated heterocycles. The highest BCUT2D eigenvalue weighted by Crippen LogP contribution is 2.12. The van der Waals surface area contributed by atoms with E-state index in [1.54, 1.807) is 6.33 Å². The summed E-state index contributed by atoms with van der Waals surface area (Å²) in [5.41, 5.74) is 0. The van der Waals surface area contributed by atoms with Gasteiger partial charge in [0.05, 0.1) is 25.7 Å². The van der Waals surface area contributed by atoms with Crippen LogP contribution in [0.15, 0.2) is 6.33 Å². The van der Waals surface area contributed by atoms with Crippen LogP contribution in [-0.2, 0) is 22.6 Å². The highest BCUT2D eigenvalue weighted by atomic mass is 16.5. The van der Waals surface area contributed by atoms with Crippen molar-refractivity contribution in [2.45, 2.75) is 25.6 Å². The molecule has 3 rings (SSSR count). The van der Waals surface area contributed by atoms with Gasteiger partial charge in [0.15, 0.2) is 5.82 Å². The molecule has 1 unspecified atom stereocenters. The van der Waals surface area contributed by atoms with Gasteiger partial charge in [0.25, 0.3) is 0 Å². The fraction of sp³-hybridized carbons (Fsp3) is 0.727. The maximum absolute atomic E-state index is 12.2. The minimum atomic E-state index is 0.00560. The zero-order valence-electron chi connectivity index (χ0n) is 10.2. The van der Waals surface area contributed by atoms with E-state index in [0.29, 0.717) is 19.6 Å². The summed E-state index contributed by atoms with van der Waals surface area (Å²) in [6.45, 7) is 4.38. The van der Waals surface area contributed by atoms with Crippen molar-refractivity contribution in [3.05, 3.63) is 12.2 Å². The topological polar surface area (TPSA) is 72.3 Å². The molecule has 1 amide bonds. The standard InChI is InChI=1S/C11H17N5O2/c17-11(5-9-6-12-1-4-18-9)15-2-3-16-8-13-14-10(16)7-15/h8-9,12H,1-7H2. The summed E-state index contributed by atoms with van der Waals surface area (Å²) in [6, 6.07) is 0. The van der Waals surface area contributed by atoms with Crippen LogP contribution in [0.25, 0.3) is 0 Å². The molecule has 1 N–H and O–H groups in total. The molecule has 7 nitrogen and oxygen atoms in total. The number of carbonyl (C=O) groups excluding carboxylic acids is 1. The second-order valence-corrected chi connectivity index (χ2v) is 4.66. The van der Waals surface area contributed by atoms with Gasteiger partial charge in [-0.25, -0.2) is 0 Å². The van der Waals surface area contributed by atoms with Crippen LogP contribution in [0.5, 0.6) is 0 Å². The van der Waals surface area contributed by atoms with Crippen LogP contribution >= 0.6 is 0 Å². The lowest BCUT2D eigenvalue weighted by atomic mass is 10.2. The molecule has 0 aliphatic carbocycles.